The topological polar surface area (TPSA) is 131 Å². The molecule has 1 unspecified atom stereocenters. The number of benzene rings is 1. The number of hydrogen-bond acceptors (Lipinski definition) is 9. The Kier molecular flexibility index (Phi) is 7.21. The number of aliphatic hydroxyl groups is 1. The van der Waals surface area contributed by atoms with Crippen molar-refractivity contribution < 1.29 is 34.1 Å². The molecule has 1 aromatic carbocycles. The number of carbonyl (C=O) groups excluding carboxylic acids is 2. The average Bonchev–Trinajstić information content (AvgIpc) is 3.53. The van der Waals surface area contributed by atoms with E-state index in [0.29, 0.717) is 16.2 Å². The van der Waals surface area contributed by atoms with E-state index in [4.69, 9.17) is 9.47 Å². The highest BCUT2D eigenvalue weighted by Crippen LogP contribution is 2.60. The molecule has 1 amide bonds. The van der Waals surface area contributed by atoms with E-state index in [1.165, 1.54) is 34.9 Å². The van der Waals surface area contributed by atoms with Crippen LogP contribution in [0.3, 0.4) is 0 Å². The molecule has 5 rings (SSSR count). The number of aromatic nitrogens is 2. The third kappa shape index (κ3) is 4.50. The molecule has 12 heteroatoms. The molecule has 10 nitrogen and oxygen atoms in total. The monoisotopic (exact) mass is 571 g/mol. The van der Waals surface area contributed by atoms with Crippen LogP contribution in [0.5, 0.6) is 5.75 Å². The van der Waals surface area contributed by atoms with Crippen LogP contribution in [0.15, 0.2) is 47.5 Å². The smallest absolute Gasteiger partial charge is 0.477 e. The maximum absolute atomic E-state index is 13.1. The van der Waals surface area contributed by atoms with Gasteiger partial charge >= 0.3 is 12.1 Å². The summed E-state index contributed by atoms with van der Waals surface area (Å²) in [5.41, 5.74) is 0.551. The molecule has 3 aromatic rings. The molecule has 1 saturated heterocycles. The van der Waals surface area contributed by atoms with E-state index in [-0.39, 0.29) is 18.7 Å². The van der Waals surface area contributed by atoms with Crippen LogP contribution in [-0.2, 0) is 20.7 Å². The molecule has 2 aromatic heterocycles. The number of nitrogens with zero attached hydrogens (tertiary/aromatic N) is 3. The van der Waals surface area contributed by atoms with Crippen LogP contribution in [0, 0.1) is 11.3 Å². The number of β-lactam (4-membered cyclic amide) rings is 1. The number of rotatable bonds is 9. The molecule has 0 radical (unpaired) electrons. The molecule has 1 fully saturated rings. The summed E-state index contributed by atoms with van der Waals surface area (Å²) in [5.74, 6) is -2.08. The second kappa shape index (κ2) is 10.3. The lowest BCUT2D eigenvalue weighted by Crippen LogP contribution is -2.66. The van der Waals surface area contributed by atoms with Gasteiger partial charge in [-0.25, -0.2) is 14.6 Å². The number of aryl methyl sites for hydroxylation is 1. The normalized spacial score (nSPS) is 23.1. The van der Waals surface area contributed by atoms with Gasteiger partial charge in [0.1, 0.15) is 27.6 Å². The van der Waals surface area contributed by atoms with Crippen molar-refractivity contribution in [2.45, 2.75) is 50.8 Å². The third-order valence-corrected chi connectivity index (χ3v) is 9.50. The summed E-state index contributed by atoms with van der Waals surface area (Å²) < 4.78 is 12.5. The lowest BCUT2D eigenvalue weighted by Gasteiger charge is -2.50. The van der Waals surface area contributed by atoms with Gasteiger partial charge in [0.05, 0.1) is 29.5 Å². The molecule has 4 atom stereocenters. The highest BCUT2D eigenvalue weighted by molar-refractivity contribution is 7.98. The van der Waals surface area contributed by atoms with Crippen LogP contribution in [-0.4, -0.2) is 67.5 Å². The largest absolute Gasteiger partial charge is 0.513 e. The maximum atomic E-state index is 13.1. The minimum absolute atomic E-state index is 0.0777. The standard InChI is InChI=1S/C27H29N3O7S2/c1-5-15-6-8-16(9-7-15)37-26(35)36-11-10-27(3)19(17-12-29-13-28-22(38-4)24(29)39-17)20(25(33)34)30-21(27)18(14(2)31)23(30)32/h6-9,12-14,18,21,31H,5,10-11H2,1-4H3,(H,33,34)/t14?,18-,21-,27+/m1/s1. The Morgan fingerprint density at radius 1 is 1.28 bits per heavy atom. The van der Waals surface area contributed by atoms with Crippen LogP contribution < -0.4 is 4.74 Å². The molecule has 39 heavy (non-hydrogen) atoms. The van der Waals surface area contributed by atoms with Gasteiger partial charge in [-0.1, -0.05) is 26.0 Å². The number of carboxylic acids is 1. The van der Waals surface area contributed by atoms with E-state index in [1.807, 2.05) is 42.8 Å². The van der Waals surface area contributed by atoms with Crippen molar-refractivity contribution in [3.05, 3.63) is 52.9 Å². The molecule has 0 spiro atoms. The highest BCUT2D eigenvalue weighted by Gasteiger charge is 2.66. The van der Waals surface area contributed by atoms with E-state index < -0.39 is 41.5 Å². The summed E-state index contributed by atoms with van der Waals surface area (Å²) >= 11 is 2.87. The molecular weight excluding hydrogens is 542 g/mol. The second-order valence-electron chi connectivity index (χ2n) is 9.88. The predicted octanol–water partition coefficient (Wildman–Crippen LogP) is 4.31. The first-order valence-electron chi connectivity index (χ1n) is 12.5. The number of aliphatic carboxylic acids is 1. The third-order valence-electron chi connectivity index (χ3n) is 7.56. The first-order chi connectivity index (χ1) is 18.6. The minimum atomic E-state index is -1.23. The molecule has 2 aliphatic heterocycles. The number of aliphatic hydroxyl groups excluding tert-OH is 1. The maximum Gasteiger partial charge on any atom is 0.513 e. The summed E-state index contributed by atoms with van der Waals surface area (Å²) in [6.45, 7) is 5.34. The van der Waals surface area contributed by atoms with Gasteiger partial charge in [0.25, 0.3) is 0 Å². The summed E-state index contributed by atoms with van der Waals surface area (Å²) in [6.07, 6.45) is 4.61. The van der Waals surface area contributed by atoms with Crippen molar-refractivity contribution in [3.63, 3.8) is 0 Å². The quantitative estimate of drug-likeness (QED) is 0.167. The molecule has 0 aliphatic carbocycles. The van der Waals surface area contributed by atoms with Crippen molar-refractivity contribution in [1.29, 1.82) is 0 Å². The van der Waals surface area contributed by atoms with E-state index in [2.05, 4.69) is 4.98 Å². The zero-order chi connectivity index (χ0) is 28.1. The Bertz CT molecular complexity index is 1480. The van der Waals surface area contributed by atoms with E-state index in [1.54, 1.807) is 18.5 Å². The zero-order valence-corrected chi connectivity index (χ0v) is 23.5. The Hall–Kier alpha value is -3.35. The number of thiazole rings is 1. The van der Waals surface area contributed by atoms with Crippen molar-refractivity contribution in [2.24, 2.45) is 11.3 Å². The molecule has 206 valence electrons. The molecule has 4 heterocycles. The molecule has 0 bridgehead atoms. The predicted molar refractivity (Wildman–Crippen MR) is 146 cm³/mol. The van der Waals surface area contributed by atoms with Crippen LogP contribution in [0.2, 0.25) is 0 Å². The SMILES string of the molecule is CCc1ccc(OC(=O)OCC[C@@]2(C)C(c3cn4cnc(SC)c4s3)=C(C(=O)O)N3C(=O)[C@H](C(C)O)[C@@H]32)cc1. The summed E-state index contributed by atoms with van der Waals surface area (Å²) in [5, 5.41) is 21.5. The van der Waals surface area contributed by atoms with Crippen molar-refractivity contribution >= 4 is 51.5 Å². The lowest BCUT2D eigenvalue weighted by atomic mass is 9.66. The minimum Gasteiger partial charge on any atom is -0.477 e. The van der Waals surface area contributed by atoms with Gasteiger partial charge in [-0.05, 0) is 43.7 Å². The highest BCUT2D eigenvalue weighted by atomic mass is 32.2. The number of amides is 1. The number of fused-ring (bicyclic) bond motifs is 2. The van der Waals surface area contributed by atoms with E-state index >= 15 is 0 Å². The Morgan fingerprint density at radius 3 is 2.62 bits per heavy atom. The fourth-order valence-electron chi connectivity index (χ4n) is 5.63. The summed E-state index contributed by atoms with van der Waals surface area (Å²) in [4.78, 5) is 45.2. The summed E-state index contributed by atoms with van der Waals surface area (Å²) in [7, 11) is 0. The second-order valence-corrected chi connectivity index (χ2v) is 11.7. The molecular formula is C27H29N3O7S2. The van der Waals surface area contributed by atoms with E-state index in [0.717, 1.165) is 21.8 Å². The average molecular weight is 572 g/mol. The Morgan fingerprint density at radius 2 is 2.00 bits per heavy atom. The first kappa shape index (κ1) is 27.2. The van der Waals surface area contributed by atoms with Crippen molar-refractivity contribution in [1.82, 2.24) is 14.3 Å². The van der Waals surface area contributed by atoms with Crippen molar-refractivity contribution in [3.8, 4) is 5.75 Å². The van der Waals surface area contributed by atoms with Crippen LogP contribution in [0.25, 0.3) is 10.4 Å². The summed E-state index contributed by atoms with van der Waals surface area (Å²) in [6, 6.07) is 6.52. The Labute approximate surface area is 233 Å². The Balaban J connectivity index is 1.45. The fourth-order valence-corrected chi connectivity index (χ4v) is 7.59. The van der Waals surface area contributed by atoms with E-state index in [9.17, 15) is 24.6 Å². The van der Waals surface area contributed by atoms with Crippen LogP contribution >= 0.6 is 23.1 Å². The van der Waals surface area contributed by atoms with Gasteiger partial charge in [0.15, 0.2) is 0 Å². The number of thioether (sulfide) groups is 1. The van der Waals surface area contributed by atoms with Gasteiger partial charge < -0.3 is 24.6 Å². The van der Waals surface area contributed by atoms with Crippen molar-refractivity contribution in [2.75, 3.05) is 12.9 Å². The fraction of sp³-hybridized carbons (Fsp3) is 0.407. The molecule has 0 saturated carbocycles. The number of ether oxygens (including phenoxy) is 2. The first-order valence-corrected chi connectivity index (χ1v) is 14.6. The van der Waals surface area contributed by atoms with Crippen LogP contribution in [0.4, 0.5) is 4.79 Å². The van der Waals surface area contributed by atoms with Gasteiger partial charge in [-0.3, -0.25) is 9.20 Å². The number of imidazole rings is 1. The number of hydrogen-bond donors (Lipinski definition) is 2. The van der Waals surface area contributed by atoms with Crippen LogP contribution in [0.1, 0.15) is 37.6 Å². The number of carbonyl (C=O) groups is 3. The van der Waals surface area contributed by atoms with Gasteiger partial charge in [-0.15, -0.1) is 23.1 Å². The molecule has 2 N–H and O–H groups in total. The van der Waals surface area contributed by atoms with Gasteiger partial charge in [0.2, 0.25) is 5.91 Å². The van der Waals surface area contributed by atoms with Gasteiger partial charge in [0, 0.05) is 17.2 Å². The number of carboxylic acid groups (broad SMARTS) is 1. The lowest BCUT2D eigenvalue weighted by molar-refractivity contribution is -0.167. The zero-order valence-electron chi connectivity index (χ0n) is 21.9. The van der Waals surface area contributed by atoms with Gasteiger partial charge in [-0.2, -0.15) is 0 Å². The molecule has 2 aliphatic rings.